The van der Waals surface area contributed by atoms with Crippen molar-refractivity contribution in [2.45, 2.75) is 0 Å². The molecular weight excluding hydrogens is 599 g/mol. The van der Waals surface area contributed by atoms with Crippen LogP contribution in [0.25, 0.3) is 80.1 Å². The van der Waals surface area contributed by atoms with Crippen LogP contribution in [0.2, 0.25) is 0 Å². The van der Waals surface area contributed by atoms with Crippen molar-refractivity contribution in [1.29, 1.82) is 0 Å². The standard InChI is InChI=1S/C44H31N5/c1-30(27-40-31(2)49(38-18-7-4-8-19-38)41-21-10-9-20-39(40)41)32-22-24-34(25-23-32)43-46-42(33-13-5-3-6-14-33)47-44(48-43)36-16-11-15-35(28-36)37-17-12-26-45-29-37/h3-29H,1-2H2/b40-27+/i11D,15D,16D,28D. The Morgan fingerprint density at radius 2 is 1.24 bits per heavy atom. The number of pyridine rings is 1. The number of allylic oxidation sites excluding steroid dienone is 1. The van der Waals surface area contributed by atoms with Gasteiger partial charge < -0.3 is 4.57 Å². The summed E-state index contributed by atoms with van der Waals surface area (Å²) in [6.07, 6.45) is 5.20. The molecule has 5 heteroatoms. The molecule has 49 heavy (non-hydrogen) atoms. The molecule has 3 heterocycles. The first kappa shape index (κ1) is 25.4. The van der Waals surface area contributed by atoms with Gasteiger partial charge in [0.2, 0.25) is 0 Å². The van der Waals surface area contributed by atoms with Crippen LogP contribution >= 0.6 is 0 Å². The molecule has 0 aliphatic heterocycles. The summed E-state index contributed by atoms with van der Waals surface area (Å²) in [5.74, 6) is 0.764. The number of rotatable bonds is 7. The van der Waals surface area contributed by atoms with Crippen LogP contribution < -0.4 is 10.6 Å². The minimum atomic E-state index is -0.325. The van der Waals surface area contributed by atoms with Crippen molar-refractivity contribution in [1.82, 2.24) is 24.5 Å². The monoisotopic (exact) mass is 633 g/mol. The fourth-order valence-electron chi connectivity index (χ4n) is 5.89. The van der Waals surface area contributed by atoms with Crippen LogP contribution in [0.5, 0.6) is 0 Å². The van der Waals surface area contributed by atoms with E-state index in [2.05, 4.69) is 53.1 Å². The minimum Gasteiger partial charge on any atom is -0.310 e. The van der Waals surface area contributed by atoms with E-state index in [-0.39, 0.29) is 41.1 Å². The molecule has 0 bridgehead atoms. The number of hydrogen-bond acceptors (Lipinski definition) is 4. The molecule has 0 radical (unpaired) electrons. The van der Waals surface area contributed by atoms with Gasteiger partial charge >= 0.3 is 0 Å². The molecule has 5 aromatic carbocycles. The lowest BCUT2D eigenvalue weighted by Crippen LogP contribution is -2.26. The number of nitrogens with zero attached hydrogens (tertiary/aromatic N) is 5. The average molecular weight is 634 g/mol. The van der Waals surface area contributed by atoms with Crippen molar-refractivity contribution < 1.29 is 5.48 Å². The Kier molecular flexibility index (Phi) is 6.64. The maximum absolute atomic E-state index is 9.16. The van der Waals surface area contributed by atoms with Gasteiger partial charge in [0.15, 0.2) is 17.5 Å². The van der Waals surface area contributed by atoms with Crippen LogP contribution in [0.15, 0.2) is 164 Å². The molecule has 3 aromatic heterocycles. The zero-order valence-corrected chi connectivity index (χ0v) is 26.4. The summed E-state index contributed by atoms with van der Waals surface area (Å²) in [7, 11) is 0. The lowest BCUT2D eigenvalue weighted by molar-refractivity contribution is 1.07. The first-order chi connectivity index (χ1) is 25.8. The third kappa shape index (κ3) is 5.86. The van der Waals surface area contributed by atoms with Gasteiger partial charge in [-0.05, 0) is 53.1 Å². The lowest BCUT2D eigenvalue weighted by Gasteiger charge is -2.10. The van der Waals surface area contributed by atoms with Crippen LogP contribution in [0.3, 0.4) is 0 Å². The molecule has 5 nitrogen and oxygen atoms in total. The lowest BCUT2D eigenvalue weighted by atomic mass is 10.0. The quantitative estimate of drug-likeness (QED) is 0.176. The number of fused-ring (bicyclic) bond motifs is 1. The van der Waals surface area contributed by atoms with Gasteiger partial charge in [0.25, 0.3) is 0 Å². The second kappa shape index (κ2) is 12.8. The van der Waals surface area contributed by atoms with Crippen LogP contribution in [0.1, 0.15) is 11.0 Å². The van der Waals surface area contributed by atoms with Crippen molar-refractivity contribution in [3.63, 3.8) is 0 Å². The number of aromatic nitrogens is 5. The molecule has 0 spiro atoms. The van der Waals surface area contributed by atoms with Gasteiger partial charge in [0, 0.05) is 56.3 Å². The Morgan fingerprint density at radius 3 is 1.96 bits per heavy atom. The third-order valence-electron chi connectivity index (χ3n) is 8.33. The van der Waals surface area contributed by atoms with Gasteiger partial charge in [-0.2, -0.15) is 0 Å². The highest BCUT2D eigenvalue weighted by molar-refractivity contribution is 5.93. The smallest absolute Gasteiger partial charge is 0.164 e. The molecule has 0 atom stereocenters. The summed E-state index contributed by atoms with van der Waals surface area (Å²) in [4.78, 5) is 18.5. The Hall–Kier alpha value is -6.72. The van der Waals surface area contributed by atoms with Crippen LogP contribution in [-0.4, -0.2) is 24.5 Å². The zero-order valence-electron chi connectivity index (χ0n) is 30.4. The molecule has 0 amide bonds. The Labute approximate surface area is 290 Å². The van der Waals surface area contributed by atoms with Crippen molar-refractivity contribution in [2.75, 3.05) is 0 Å². The molecule has 0 saturated heterocycles. The molecule has 0 aliphatic rings. The van der Waals surface area contributed by atoms with Crippen molar-refractivity contribution in [3.05, 3.63) is 181 Å². The maximum Gasteiger partial charge on any atom is 0.164 e. The van der Waals surface area contributed by atoms with Gasteiger partial charge in [-0.25, -0.2) is 15.0 Å². The Balaban J connectivity index is 1.23. The highest BCUT2D eigenvalue weighted by Gasteiger charge is 2.14. The largest absolute Gasteiger partial charge is 0.310 e. The second-order valence-electron chi connectivity index (χ2n) is 11.5. The zero-order chi connectivity index (χ0) is 36.6. The summed E-state index contributed by atoms with van der Waals surface area (Å²) in [5, 5.41) is 2.93. The normalized spacial score (nSPS) is 12.7. The molecule has 0 fully saturated rings. The molecule has 0 N–H and O–H groups in total. The minimum absolute atomic E-state index is 0.0453. The first-order valence-corrected chi connectivity index (χ1v) is 15.8. The van der Waals surface area contributed by atoms with Gasteiger partial charge in [-0.3, -0.25) is 4.98 Å². The maximum atomic E-state index is 9.16. The number of hydrogen-bond donors (Lipinski definition) is 0. The predicted octanol–water partition coefficient (Wildman–Crippen LogP) is 8.78. The van der Waals surface area contributed by atoms with E-state index in [1.807, 2.05) is 84.9 Å². The molecule has 0 aliphatic carbocycles. The van der Waals surface area contributed by atoms with Crippen LogP contribution in [0, 0.1) is 0 Å². The summed E-state index contributed by atoms with van der Waals surface area (Å²) in [6.45, 7) is 8.88. The van der Waals surface area contributed by atoms with Gasteiger partial charge in [0.05, 0.1) is 11.0 Å². The summed E-state index contributed by atoms with van der Waals surface area (Å²) in [5.41, 5.74) is 5.95. The molecule has 0 saturated carbocycles. The molecule has 8 rings (SSSR count). The van der Waals surface area contributed by atoms with Crippen LogP contribution in [0.4, 0.5) is 0 Å². The highest BCUT2D eigenvalue weighted by Crippen LogP contribution is 2.28. The summed E-state index contributed by atoms with van der Waals surface area (Å²) in [6, 6.07) is 38.0. The highest BCUT2D eigenvalue weighted by atomic mass is 15.0. The average Bonchev–Trinajstić information content (AvgIpc) is 3.48. The van der Waals surface area contributed by atoms with Gasteiger partial charge in [0.1, 0.15) is 0 Å². The molecule has 0 unspecified atom stereocenters. The van der Waals surface area contributed by atoms with Gasteiger partial charge in [-0.1, -0.05) is 128 Å². The van der Waals surface area contributed by atoms with E-state index in [0.717, 1.165) is 43.9 Å². The van der Waals surface area contributed by atoms with Crippen LogP contribution in [-0.2, 0) is 0 Å². The van der Waals surface area contributed by atoms with E-state index in [1.165, 1.54) is 0 Å². The fourth-order valence-corrected chi connectivity index (χ4v) is 5.89. The molecule has 232 valence electrons. The van der Waals surface area contributed by atoms with Gasteiger partial charge in [-0.15, -0.1) is 0 Å². The summed E-state index contributed by atoms with van der Waals surface area (Å²) >= 11 is 0. The van der Waals surface area contributed by atoms with E-state index in [0.29, 0.717) is 22.8 Å². The first-order valence-electron chi connectivity index (χ1n) is 17.8. The molecular formula is C44H31N5. The van der Waals surface area contributed by atoms with Crippen molar-refractivity contribution in [3.8, 4) is 51.0 Å². The van der Waals surface area contributed by atoms with E-state index in [4.69, 9.17) is 20.4 Å². The van der Waals surface area contributed by atoms with Crippen molar-refractivity contribution in [2.24, 2.45) is 0 Å². The Bertz CT molecular complexity index is 2790. The Morgan fingerprint density at radius 1 is 0.633 bits per heavy atom. The third-order valence-corrected chi connectivity index (χ3v) is 8.33. The SMILES string of the molecule is [2H]c1c([2H])c(-c2cccnc2)c([2H])c(-c2nc(-c3ccccc3)nc(-c3ccc(C(=C)/C=c4\c(=C)n(-c5ccccc5)c5ccccc45)cc3)n2)c1[2H]. The predicted molar refractivity (Wildman–Crippen MR) is 201 cm³/mol. The molecule has 8 aromatic rings. The second-order valence-corrected chi connectivity index (χ2v) is 11.5. The fraction of sp³-hybridized carbons (Fsp3) is 0. The van der Waals surface area contributed by atoms with Crippen molar-refractivity contribution >= 4 is 29.1 Å². The van der Waals surface area contributed by atoms with E-state index < -0.39 is 0 Å². The van der Waals surface area contributed by atoms with E-state index >= 15 is 0 Å². The topological polar surface area (TPSA) is 56.5 Å². The number of benzene rings is 5. The summed E-state index contributed by atoms with van der Waals surface area (Å²) < 4.78 is 37.4. The van der Waals surface area contributed by atoms with E-state index in [9.17, 15) is 0 Å². The van der Waals surface area contributed by atoms with E-state index in [1.54, 1.807) is 24.5 Å². The number of para-hydroxylation sites is 2.